The predicted octanol–water partition coefficient (Wildman–Crippen LogP) is 3.25. The molecule has 0 heterocycles. The van der Waals surface area contributed by atoms with Crippen molar-refractivity contribution in [2.24, 2.45) is 5.73 Å². The number of nitrogens with two attached hydrogens (primary N) is 1. The average Bonchev–Trinajstić information content (AvgIpc) is 2.94. The third kappa shape index (κ3) is 1.59. The monoisotopic (exact) mass is 271 g/mol. The van der Waals surface area contributed by atoms with Crippen LogP contribution in [0.25, 0.3) is 6.08 Å². The molecule has 20 heavy (non-hydrogen) atoms. The quantitative estimate of drug-likeness (QED) is 0.824. The van der Waals surface area contributed by atoms with Crippen LogP contribution < -0.4 is 5.73 Å². The van der Waals surface area contributed by atoms with Crippen LogP contribution in [0.15, 0.2) is 29.9 Å². The lowest BCUT2D eigenvalue weighted by Crippen LogP contribution is -2.40. The minimum Gasteiger partial charge on any atom is -0.369 e. The van der Waals surface area contributed by atoms with E-state index in [1.54, 1.807) is 6.07 Å². The van der Waals surface area contributed by atoms with Crippen molar-refractivity contribution >= 4 is 12.0 Å². The highest BCUT2D eigenvalue weighted by atomic mass is 19.1. The molecule has 0 spiro atoms. The normalized spacial score (nSPS) is 24.7. The van der Waals surface area contributed by atoms with E-state index in [0.29, 0.717) is 18.4 Å². The summed E-state index contributed by atoms with van der Waals surface area (Å²) in [6.07, 6.45) is 4.96. The van der Waals surface area contributed by atoms with Gasteiger partial charge in [0, 0.05) is 0 Å². The molecule has 0 bridgehead atoms. The van der Waals surface area contributed by atoms with E-state index < -0.39 is 5.41 Å². The van der Waals surface area contributed by atoms with Crippen molar-refractivity contribution < 1.29 is 9.18 Å². The summed E-state index contributed by atoms with van der Waals surface area (Å²) in [5.74, 6) is -0.577. The van der Waals surface area contributed by atoms with Crippen molar-refractivity contribution in [3.05, 3.63) is 52.4 Å². The van der Waals surface area contributed by atoms with E-state index in [0.717, 1.165) is 35.1 Å². The van der Waals surface area contributed by atoms with Gasteiger partial charge in [0.25, 0.3) is 0 Å². The van der Waals surface area contributed by atoms with Gasteiger partial charge in [0.15, 0.2) is 0 Å². The van der Waals surface area contributed by atoms with Crippen LogP contribution in [0.3, 0.4) is 0 Å². The first-order chi connectivity index (χ1) is 9.46. The smallest absolute Gasteiger partial charge is 0.232 e. The third-order valence-electron chi connectivity index (χ3n) is 4.66. The highest BCUT2D eigenvalue weighted by Crippen LogP contribution is 2.47. The summed E-state index contributed by atoms with van der Waals surface area (Å²) in [6.45, 7) is 6.03. The number of halogens is 1. The number of primary amides is 1. The van der Waals surface area contributed by atoms with Crippen LogP contribution in [0, 0.1) is 5.82 Å². The average molecular weight is 271 g/mol. The van der Waals surface area contributed by atoms with Gasteiger partial charge in [-0.15, -0.1) is 0 Å². The number of hydrogen-bond acceptors (Lipinski definition) is 1. The van der Waals surface area contributed by atoms with Gasteiger partial charge in [-0.25, -0.2) is 4.39 Å². The molecule has 1 saturated carbocycles. The van der Waals surface area contributed by atoms with Crippen molar-refractivity contribution in [1.29, 1.82) is 0 Å². The number of benzene rings is 1. The number of hydrogen-bond donors (Lipinski definition) is 1. The number of carbonyl (C=O) groups is 1. The molecule has 0 aliphatic heterocycles. The molecular formula is C17H18FNO. The van der Waals surface area contributed by atoms with E-state index in [4.69, 9.17) is 5.73 Å². The first-order valence-corrected chi connectivity index (χ1v) is 6.94. The van der Waals surface area contributed by atoms with Gasteiger partial charge in [-0.3, -0.25) is 4.79 Å². The standard InChI is InChI=1S/C17H18FNO/c1-10-8-12-13(9-10)15(18)6-5-14(12)17(16(19)20)7-3-4-11(17)2/h5-6,8H,2-4,7,9H2,1H3,(H2,19,20). The molecule has 2 nitrogen and oxygen atoms in total. The Bertz CT molecular complexity index is 659. The van der Waals surface area contributed by atoms with Gasteiger partial charge >= 0.3 is 0 Å². The summed E-state index contributed by atoms with van der Waals surface area (Å²) in [7, 11) is 0. The van der Waals surface area contributed by atoms with Crippen molar-refractivity contribution in [3.8, 4) is 0 Å². The minimum atomic E-state index is -0.821. The Morgan fingerprint density at radius 3 is 2.80 bits per heavy atom. The maximum absolute atomic E-state index is 14.0. The summed E-state index contributed by atoms with van der Waals surface area (Å²) in [5.41, 5.74) is 9.20. The molecule has 0 radical (unpaired) electrons. The maximum atomic E-state index is 14.0. The van der Waals surface area contributed by atoms with Crippen molar-refractivity contribution in [3.63, 3.8) is 0 Å². The number of allylic oxidation sites excluding steroid dienone is 1. The summed E-state index contributed by atoms with van der Waals surface area (Å²) in [5, 5.41) is 0. The Hall–Kier alpha value is -1.90. The largest absolute Gasteiger partial charge is 0.369 e. The molecule has 2 aliphatic carbocycles. The molecule has 1 fully saturated rings. The topological polar surface area (TPSA) is 43.1 Å². The lowest BCUT2D eigenvalue weighted by Gasteiger charge is -2.29. The third-order valence-corrected chi connectivity index (χ3v) is 4.66. The molecule has 0 aromatic heterocycles. The Morgan fingerprint density at radius 2 is 2.20 bits per heavy atom. The van der Waals surface area contributed by atoms with Crippen molar-refractivity contribution in [1.82, 2.24) is 0 Å². The van der Waals surface area contributed by atoms with E-state index in [-0.39, 0.29) is 11.7 Å². The fourth-order valence-corrected chi connectivity index (χ4v) is 3.64. The molecule has 1 unspecified atom stereocenters. The highest BCUT2D eigenvalue weighted by molar-refractivity contribution is 5.93. The van der Waals surface area contributed by atoms with E-state index in [1.165, 1.54) is 6.07 Å². The molecule has 3 rings (SSSR count). The van der Waals surface area contributed by atoms with Gasteiger partial charge in [0.05, 0.1) is 5.41 Å². The zero-order valence-electron chi connectivity index (χ0n) is 11.6. The number of rotatable bonds is 2. The van der Waals surface area contributed by atoms with Gasteiger partial charge in [-0.1, -0.05) is 29.9 Å². The van der Waals surface area contributed by atoms with E-state index in [9.17, 15) is 9.18 Å². The molecule has 3 heteroatoms. The van der Waals surface area contributed by atoms with E-state index in [2.05, 4.69) is 6.58 Å². The molecule has 2 N–H and O–H groups in total. The minimum absolute atomic E-state index is 0.208. The first-order valence-electron chi connectivity index (χ1n) is 6.94. The second-order valence-corrected chi connectivity index (χ2v) is 5.88. The SMILES string of the molecule is C=C1CCCC1(C(N)=O)c1ccc(F)c2c1C=C(C)C2. The van der Waals surface area contributed by atoms with Crippen molar-refractivity contribution in [2.45, 2.75) is 38.0 Å². The lowest BCUT2D eigenvalue weighted by atomic mass is 9.73. The summed E-state index contributed by atoms with van der Waals surface area (Å²) in [6, 6.07) is 3.17. The molecule has 1 aromatic rings. The molecule has 0 saturated heterocycles. The van der Waals surface area contributed by atoms with Gasteiger partial charge in [-0.2, -0.15) is 0 Å². The predicted molar refractivity (Wildman–Crippen MR) is 77.6 cm³/mol. The molecule has 1 amide bonds. The summed E-state index contributed by atoms with van der Waals surface area (Å²) < 4.78 is 14.0. The van der Waals surface area contributed by atoms with Crippen LogP contribution in [-0.2, 0) is 16.6 Å². The van der Waals surface area contributed by atoms with Crippen LogP contribution in [0.2, 0.25) is 0 Å². The number of carbonyl (C=O) groups excluding carboxylic acids is 1. The summed E-state index contributed by atoms with van der Waals surface area (Å²) in [4.78, 5) is 12.1. The first kappa shape index (κ1) is 13.1. The van der Waals surface area contributed by atoms with Gasteiger partial charge in [0.2, 0.25) is 5.91 Å². The Balaban J connectivity index is 2.27. The molecule has 1 atom stereocenters. The zero-order chi connectivity index (χ0) is 14.5. The molecule has 1 aromatic carbocycles. The summed E-state index contributed by atoms with van der Waals surface area (Å²) >= 11 is 0. The Kier molecular flexibility index (Phi) is 2.82. The van der Waals surface area contributed by atoms with Crippen LogP contribution >= 0.6 is 0 Å². The molecule has 2 aliphatic rings. The number of fused-ring (bicyclic) bond motifs is 1. The van der Waals surface area contributed by atoms with Crippen LogP contribution in [-0.4, -0.2) is 5.91 Å². The highest BCUT2D eigenvalue weighted by Gasteiger charge is 2.46. The second kappa shape index (κ2) is 4.30. The van der Waals surface area contributed by atoms with Gasteiger partial charge < -0.3 is 5.73 Å². The van der Waals surface area contributed by atoms with Crippen LogP contribution in [0.5, 0.6) is 0 Å². The van der Waals surface area contributed by atoms with E-state index >= 15 is 0 Å². The van der Waals surface area contributed by atoms with E-state index in [1.807, 2.05) is 13.0 Å². The fourth-order valence-electron chi connectivity index (χ4n) is 3.64. The fraction of sp³-hybridized carbons (Fsp3) is 0.353. The van der Waals surface area contributed by atoms with Crippen molar-refractivity contribution in [2.75, 3.05) is 0 Å². The molecule has 104 valence electrons. The second-order valence-electron chi connectivity index (χ2n) is 5.88. The Morgan fingerprint density at radius 1 is 1.45 bits per heavy atom. The van der Waals surface area contributed by atoms with Gasteiger partial charge in [0.1, 0.15) is 5.82 Å². The van der Waals surface area contributed by atoms with Gasteiger partial charge in [-0.05, 0) is 55.4 Å². The van der Waals surface area contributed by atoms with Crippen LogP contribution in [0.4, 0.5) is 4.39 Å². The molecular weight excluding hydrogens is 253 g/mol. The van der Waals surface area contributed by atoms with Crippen LogP contribution in [0.1, 0.15) is 42.9 Å². The Labute approximate surface area is 118 Å². The zero-order valence-corrected chi connectivity index (χ0v) is 11.6. The number of amides is 1. The lowest BCUT2D eigenvalue weighted by molar-refractivity contribution is -0.122. The maximum Gasteiger partial charge on any atom is 0.232 e.